The minimum absolute atomic E-state index is 0.106. The zero-order valence-electron chi connectivity index (χ0n) is 16.5. The Balaban J connectivity index is 1.69. The summed E-state index contributed by atoms with van der Waals surface area (Å²) in [5.74, 6) is -1.16. The van der Waals surface area contributed by atoms with E-state index in [9.17, 15) is 14.7 Å². The number of phenols is 1. The Labute approximate surface area is 178 Å². The molecule has 3 aromatic rings. The van der Waals surface area contributed by atoms with E-state index in [1.165, 1.54) is 31.2 Å². The molecule has 31 heavy (non-hydrogen) atoms. The van der Waals surface area contributed by atoms with E-state index in [1.807, 2.05) is 6.07 Å². The van der Waals surface area contributed by atoms with Gasteiger partial charge in [-0.25, -0.2) is 4.79 Å². The Morgan fingerprint density at radius 1 is 1.03 bits per heavy atom. The van der Waals surface area contributed by atoms with E-state index in [0.717, 1.165) is 0 Å². The number of nitrogens with one attached hydrogen (secondary N) is 1. The van der Waals surface area contributed by atoms with Crippen molar-refractivity contribution >= 4 is 28.9 Å². The molecular weight excluding hydrogens is 396 g/mol. The second-order valence-corrected chi connectivity index (χ2v) is 6.46. The SMILES string of the molecule is C[C@@H](OC(=O)c1ccccc1N=Nc1ccc(O)cc1)C(=O)Nc1cccc(C#N)c1. The molecular formula is C23H18N4O4. The van der Waals surface area contributed by atoms with Crippen LogP contribution < -0.4 is 5.32 Å². The maximum absolute atomic E-state index is 12.6. The molecule has 0 radical (unpaired) electrons. The average molecular weight is 414 g/mol. The second kappa shape index (κ2) is 9.80. The van der Waals surface area contributed by atoms with E-state index in [2.05, 4.69) is 15.5 Å². The van der Waals surface area contributed by atoms with Crippen LogP contribution in [-0.2, 0) is 9.53 Å². The molecule has 0 aliphatic rings. The lowest BCUT2D eigenvalue weighted by molar-refractivity contribution is -0.123. The van der Waals surface area contributed by atoms with Crippen LogP contribution >= 0.6 is 0 Å². The van der Waals surface area contributed by atoms with E-state index in [1.54, 1.807) is 48.5 Å². The van der Waals surface area contributed by atoms with Crippen molar-refractivity contribution in [3.63, 3.8) is 0 Å². The van der Waals surface area contributed by atoms with Gasteiger partial charge in [0, 0.05) is 5.69 Å². The molecule has 2 N–H and O–H groups in total. The van der Waals surface area contributed by atoms with E-state index >= 15 is 0 Å². The molecule has 0 aliphatic heterocycles. The molecule has 1 atom stereocenters. The zero-order valence-corrected chi connectivity index (χ0v) is 16.5. The fourth-order valence-corrected chi connectivity index (χ4v) is 2.55. The molecule has 3 rings (SSSR count). The first-order chi connectivity index (χ1) is 15.0. The molecule has 0 aliphatic carbocycles. The van der Waals surface area contributed by atoms with Crippen molar-refractivity contribution in [2.75, 3.05) is 5.32 Å². The maximum atomic E-state index is 12.6. The summed E-state index contributed by atoms with van der Waals surface area (Å²) >= 11 is 0. The number of esters is 1. The summed E-state index contributed by atoms with van der Waals surface area (Å²) in [6.07, 6.45) is -1.08. The summed E-state index contributed by atoms with van der Waals surface area (Å²) in [4.78, 5) is 25.0. The van der Waals surface area contributed by atoms with E-state index in [-0.39, 0.29) is 17.0 Å². The van der Waals surface area contributed by atoms with Gasteiger partial charge in [-0.1, -0.05) is 18.2 Å². The molecule has 0 saturated heterocycles. The first-order valence-corrected chi connectivity index (χ1v) is 9.28. The van der Waals surface area contributed by atoms with Crippen LogP contribution in [0.25, 0.3) is 0 Å². The number of azo groups is 1. The minimum Gasteiger partial charge on any atom is -0.508 e. The number of amides is 1. The van der Waals surface area contributed by atoms with Gasteiger partial charge in [0.2, 0.25) is 0 Å². The average Bonchev–Trinajstić information content (AvgIpc) is 2.79. The van der Waals surface area contributed by atoms with E-state index < -0.39 is 18.0 Å². The van der Waals surface area contributed by atoms with Gasteiger partial charge in [-0.3, -0.25) is 4.79 Å². The fraction of sp³-hybridized carbons (Fsp3) is 0.0870. The highest BCUT2D eigenvalue weighted by atomic mass is 16.5. The zero-order chi connectivity index (χ0) is 22.2. The Morgan fingerprint density at radius 2 is 1.77 bits per heavy atom. The molecule has 8 nitrogen and oxygen atoms in total. The molecule has 1 amide bonds. The number of nitrogens with zero attached hydrogens (tertiary/aromatic N) is 3. The molecule has 0 aromatic heterocycles. The first-order valence-electron chi connectivity index (χ1n) is 9.28. The number of carbonyl (C=O) groups is 2. The smallest absolute Gasteiger partial charge is 0.341 e. The standard InChI is InChI=1S/C23H18N4O4/c1-15(22(29)25-18-6-4-5-16(13-18)14-24)31-23(30)20-7-2-3-8-21(20)27-26-17-9-11-19(28)12-10-17/h2-13,15,28H,1H3,(H,25,29)/t15-/m1/s1. The van der Waals surface area contributed by atoms with Gasteiger partial charge >= 0.3 is 5.97 Å². The van der Waals surface area contributed by atoms with Crippen LogP contribution in [-0.4, -0.2) is 23.1 Å². The summed E-state index contributed by atoms with van der Waals surface area (Å²) < 4.78 is 5.28. The minimum atomic E-state index is -1.08. The first kappa shape index (κ1) is 21.2. The molecule has 3 aromatic carbocycles. The monoisotopic (exact) mass is 414 g/mol. The van der Waals surface area contributed by atoms with Gasteiger partial charge in [-0.05, 0) is 61.5 Å². The predicted octanol–water partition coefficient (Wildman–Crippen LogP) is 4.86. The number of phenolic OH excluding ortho intramolecular Hbond substituents is 1. The van der Waals surface area contributed by atoms with Gasteiger partial charge in [-0.15, -0.1) is 5.11 Å². The number of hydrogen-bond acceptors (Lipinski definition) is 7. The van der Waals surface area contributed by atoms with Crippen molar-refractivity contribution in [1.82, 2.24) is 0 Å². The third kappa shape index (κ3) is 5.74. The summed E-state index contributed by atoms with van der Waals surface area (Å²) in [6, 6.07) is 21.0. The van der Waals surface area contributed by atoms with Gasteiger partial charge in [-0.2, -0.15) is 10.4 Å². The third-order valence-electron chi connectivity index (χ3n) is 4.16. The summed E-state index contributed by atoms with van der Waals surface area (Å²) in [6.45, 7) is 1.45. The number of hydrogen-bond donors (Lipinski definition) is 2. The molecule has 0 spiro atoms. The lowest BCUT2D eigenvalue weighted by Crippen LogP contribution is -2.30. The summed E-state index contributed by atoms with van der Waals surface area (Å²) in [7, 11) is 0. The number of nitriles is 1. The highest BCUT2D eigenvalue weighted by Gasteiger charge is 2.21. The van der Waals surface area contributed by atoms with Crippen LogP contribution in [0.5, 0.6) is 5.75 Å². The van der Waals surface area contributed by atoms with Crippen LogP contribution in [0.2, 0.25) is 0 Å². The second-order valence-electron chi connectivity index (χ2n) is 6.46. The van der Waals surface area contributed by atoms with Gasteiger partial charge < -0.3 is 15.2 Å². The van der Waals surface area contributed by atoms with E-state index in [0.29, 0.717) is 16.9 Å². The van der Waals surface area contributed by atoms with Crippen LogP contribution in [0.15, 0.2) is 83.0 Å². The summed E-state index contributed by atoms with van der Waals surface area (Å²) in [5, 5.41) is 29.0. The largest absolute Gasteiger partial charge is 0.508 e. The molecule has 0 bridgehead atoms. The van der Waals surface area contributed by atoms with Gasteiger partial charge in [0.05, 0.1) is 22.9 Å². The van der Waals surface area contributed by atoms with Crippen molar-refractivity contribution in [3.8, 4) is 11.8 Å². The van der Waals surface area contributed by atoms with Crippen LogP contribution in [0.3, 0.4) is 0 Å². The number of benzene rings is 3. The van der Waals surface area contributed by atoms with Gasteiger partial charge in [0.15, 0.2) is 6.10 Å². The highest BCUT2D eigenvalue weighted by Crippen LogP contribution is 2.24. The topological polar surface area (TPSA) is 124 Å². The number of ether oxygens (including phenoxy) is 1. The Kier molecular flexibility index (Phi) is 6.71. The van der Waals surface area contributed by atoms with Crippen LogP contribution in [0.1, 0.15) is 22.8 Å². The maximum Gasteiger partial charge on any atom is 0.341 e. The van der Waals surface area contributed by atoms with Crippen LogP contribution in [0.4, 0.5) is 17.1 Å². The lowest BCUT2D eigenvalue weighted by Gasteiger charge is -2.14. The van der Waals surface area contributed by atoms with Gasteiger partial charge in [0.1, 0.15) is 11.4 Å². The summed E-state index contributed by atoms with van der Waals surface area (Å²) in [5.41, 5.74) is 1.74. The van der Waals surface area contributed by atoms with Crippen molar-refractivity contribution in [3.05, 3.63) is 83.9 Å². The number of aromatic hydroxyl groups is 1. The van der Waals surface area contributed by atoms with Gasteiger partial charge in [0.25, 0.3) is 5.91 Å². The Bertz CT molecular complexity index is 1170. The fourth-order valence-electron chi connectivity index (χ4n) is 2.55. The molecule has 154 valence electrons. The number of anilines is 1. The quantitative estimate of drug-likeness (QED) is 0.440. The lowest BCUT2D eigenvalue weighted by atomic mass is 10.2. The van der Waals surface area contributed by atoms with Crippen molar-refractivity contribution in [1.29, 1.82) is 5.26 Å². The Morgan fingerprint density at radius 3 is 2.52 bits per heavy atom. The van der Waals surface area contributed by atoms with Crippen molar-refractivity contribution < 1.29 is 19.4 Å². The molecule has 8 heteroatoms. The molecule has 0 fully saturated rings. The van der Waals surface area contributed by atoms with E-state index in [4.69, 9.17) is 10.00 Å². The van der Waals surface area contributed by atoms with Crippen molar-refractivity contribution in [2.24, 2.45) is 10.2 Å². The normalized spacial score (nSPS) is 11.5. The third-order valence-corrected chi connectivity index (χ3v) is 4.16. The molecule has 0 saturated carbocycles. The number of carbonyl (C=O) groups excluding carboxylic acids is 2. The predicted molar refractivity (Wildman–Crippen MR) is 113 cm³/mol. The Hall–Kier alpha value is -4.51. The molecule has 0 heterocycles. The number of rotatable bonds is 6. The highest BCUT2D eigenvalue weighted by molar-refractivity contribution is 5.99. The van der Waals surface area contributed by atoms with Crippen molar-refractivity contribution in [2.45, 2.75) is 13.0 Å². The van der Waals surface area contributed by atoms with Crippen LogP contribution in [0, 0.1) is 11.3 Å². The molecule has 0 unspecified atom stereocenters.